The predicted octanol–water partition coefficient (Wildman–Crippen LogP) is 2.83. The second-order valence-corrected chi connectivity index (χ2v) is 7.72. The third-order valence-electron chi connectivity index (χ3n) is 3.84. The fourth-order valence-electron chi connectivity index (χ4n) is 2.79. The summed E-state index contributed by atoms with van der Waals surface area (Å²) >= 11 is 0. The highest BCUT2D eigenvalue weighted by Crippen LogP contribution is 2.30. The van der Waals surface area contributed by atoms with E-state index < -0.39 is 15.1 Å². The third-order valence-corrected chi connectivity index (χ3v) is 6.13. The molecule has 5 heteroatoms. The van der Waals surface area contributed by atoms with Gasteiger partial charge in [-0.05, 0) is 43.5 Å². The third kappa shape index (κ3) is 3.58. The lowest BCUT2D eigenvalue weighted by Gasteiger charge is -2.31. The first kappa shape index (κ1) is 15.4. The van der Waals surface area contributed by atoms with E-state index in [4.69, 9.17) is 0 Å². The molecule has 0 radical (unpaired) electrons. The highest BCUT2D eigenvalue weighted by Gasteiger charge is 2.35. The van der Waals surface area contributed by atoms with Crippen molar-refractivity contribution in [2.45, 2.75) is 43.9 Å². The van der Waals surface area contributed by atoms with Gasteiger partial charge in [-0.25, -0.2) is 12.8 Å². The molecular formula is C15H22FNO2S. The lowest BCUT2D eigenvalue weighted by atomic mass is 9.99. The SMILES string of the molecule is CCCNC(c1ccc(F)cc1)C1CCCCS1(=O)=O. The summed E-state index contributed by atoms with van der Waals surface area (Å²) in [6.45, 7) is 2.80. The van der Waals surface area contributed by atoms with Crippen molar-refractivity contribution in [3.63, 3.8) is 0 Å². The van der Waals surface area contributed by atoms with Gasteiger partial charge in [-0.1, -0.05) is 25.5 Å². The van der Waals surface area contributed by atoms with E-state index in [9.17, 15) is 12.8 Å². The topological polar surface area (TPSA) is 46.2 Å². The molecular weight excluding hydrogens is 277 g/mol. The van der Waals surface area contributed by atoms with Crippen molar-refractivity contribution in [2.75, 3.05) is 12.3 Å². The van der Waals surface area contributed by atoms with Crippen LogP contribution in [0.4, 0.5) is 4.39 Å². The molecule has 0 aromatic heterocycles. The molecule has 0 bridgehead atoms. The van der Waals surface area contributed by atoms with Crippen LogP contribution in [0, 0.1) is 5.82 Å². The van der Waals surface area contributed by atoms with Gasteiger partial charge in [0.1, 0.15) is 5.82 Å². The Morgan fingerprint density at radius 1 is 1.30 bits per heavy atom. The summed E-state index contributed by atoms with van der Waals surface area (Å²) in [7, 11) is -3.07. The lowest BCUT2D eigenvalue weighted by Crippen LogP contribution is -2.40. The Morgan fingerprint density at radius 3 is 2.60 bits per heavy atom. The molecule has 1 aliphatic rings. The van der Waals surface area contributed by atoms with Crippen molar-refractivity contribution in [2.24, 2.45) is 0 Å². The first-order valence-electron chi connectivity index (χ1n) is 7.25. The average molecular weight is 299 g/mol. The highest BCUT2D eigenvalue weighted by molar-refractivity contribution is 7.92. The van der Waals surface area contributed by atoms with Crippen LogP contribution in [0.15, 0.2) is 24.3 Å². The summed E-state index contributed by atoms with van der Waals surface area (Å²) < 4.78 is 37.7. The largest absolute Gasteiger partial charge is 0.309 e. The maximum atomic E-state index is 13.1. The number of benzene rings is 1. The molecule has 1 fully saturated rings. The van der Waals surface area contributed by atoms with Gasteiger partial charge >= 0.3 is 0 Å². The molecule has 0 amide bonds. The smallest absolute Gasteiger partial charge is 0.155 e. The maximum Gasteiger partial charge on any atom is 0.155 e. The van der Waals surface area contributed by atoms with Gasteiger partial charge in [-0.15, -0.1) is 0 Å². The highest BCUT2D eigenvalue weighted by atomic mass is 32.2. The van der Waals surface area contributed by atoms with Crippen LogP contribution < -0.4 is 5.32 Å². The van der Waals surface area contributed by atoms with E-state index in [2.05, 4.69) is 5.32 Å². The van der Waals surface area contributed by atoms with Crippen molar-refractivity contribution >= 4 is 9.84 Å². The summed E-state index contributed by atoms with van der Waals surface area (Å²) in [6, 6.07) is 5.93. The van der Waals surface area contributed by atoms with Crippen LogP contribution in [0.1, 0.15) is 44.2 Å². The van der Waals surface area contributed by atoms with Crippen LogP contribution in [0.3, 0.4) is 0 Å². The molecule has 1 heterocycles. The Morgan fingerprint density at radius 2 is 2.00 bits per heavy atom. The molecule has 1 aliphatic heterocycles. The van der Waals surface area contributed by atoms with Crippen molar-refractivity contribution in [1.82, 2.24) is 5.32 Å². The van der Waals surface area contributed by atoms with Crippen LogP contribution in [-0.2, 0) is 9.84 Å². The first-order valence-corrected chi connectivity index (χ1v) is 8.96. The fraction of sp³-hybridized carbons (Fsp3) is 0.600. The molecule has 0 spiro atoms. The predicted molar refractivity (Wildman–Crippen MR) is 78.9 cm³/mol. The van der Waals surface area contributed by atoms with E-state index in [-0.39, 0.29) is 17.6 Å². The Balaban J connectivity index is 2.29. The molecule has 3 nitrogen and oxygen atoms in total. The molecule has 0 aliphatic carbocycles. The van der Waals surface area contributed by atoms with Crippen LogP contribution in [0.2, 0.25) is 0 Å². The molecule has 1 saturated heterocycles. The van der Waals surface area contributed by atoms with Crippen molar-refractivity contribution in [3.8, 4) is 0 Å². The molecule has 1 N–H and O–H groups in total. The molecule has 20 heavy (non-hydrogen) atoms. The van der Waals surface area contributed by atoms with Crippen molar-refractivity contribution in [1.29, 1.82) is 0 Å². The second kappa shape index (κ2) is 6.68. The Hall–Kier alpha value is -0.940. The van der Waals surface area contributed by atoms with Gasteiger partial charge in [-0.3, -0.25) is 0 Å². The minimum Gasteiger partial charge on any atom is -0.309 e. The maximum absolute atomic E-state index is 13.1. The lowest BCUT2D eigenvalue weighted by molar-refractivity contribution is 0.446. The molecule has 2 rings (SSSR count). The van der Waals surface area contributed by atoms with Crippen molar-refractivity contribution in [3.05, 3.63) is 35.6 Å². The summed E-state index contributed by atoms with van der Waals surface area (Å²) in [6.07, 6.45) is 3.31. The number of halogens is 1. The second-order valence-electron chi connectivity index (χ2n) is 5.38. The summed E-state index contributed by atoms with van der Waals surface area (Å²) in [5.41, 5.74) is 0.857. The van der Waals surface area contributed by atoms with Gasteiger partial charge in [0.25, 0.3) is 0 Å². The normalized spacial score (nSPS) is 23.4. The van der Waals surface area contributed by atoms with E-state index >= 15 is 0 Å². The zero-order valence-electron chi connectivity index (χ0n) is 11.8. The van der Waals surface area contributed by atoms with Crippen LogP contribution in [0.5, 0.6) is 0 Å². The Kier molecular flexibility index (Phi) is 5.16. The standard InChI is InChI=1S/C15H22FNO2S/c1-2-10-17-15(12-6-8-13(16)9-7-12)14-5-3-4-11-20(14,18)19/h6-9,14-15,17H,2-5,10-11H2,1H3. The van der Waals surface area contributed by atoms with Gasteiger partial charge in [0.05, 0.1) is 11.0 Å². The quantitative estimate of drug-likeness (QED) is 0.909. The van der Waals surface area contributed by atoms with E-state index in [1.54, 1.807) is 12.1 Å². The zero-order chi connectivity index (χ0) is 14.6. The summed E-state index contributed by atoms with van der Waals surface area (Å²) in [5.74, 6) is -0.0297. The average Bonchev–Trinajstić information content (AvgIpc) is 2.42. The van der Waals surface area contributed by atoms with E-state index in [0.29, 0.717) is 6.42 Å². The summed E-state index contributed by atoms with van der Waals surface area (Å²) in [4.78, 5) is 0. The Labute approximate surface area is 120 Å². The van der Waals surface area contributed by atoms with Gasteiger partial charge in [-0.2, -0.15) is 0 Å². The zero-order valence-corrected chi connectivity index (χ0v) is 12.6. The van der Waals surface area contributed by atoms with E-state index in [1.165, 1.54) is 12.1 Å². The van der Waals surface area contributed by atoms with Gasteiger partial charge < -0.3 is 5.32 Å². The first-order chi connectivity index (χ1) is 9.54. The number of hydrogen-bond acceptors (Lipinski definition) is 3. The van der Waals surface area contributed by atoms with Crippen LogP contribution in [-0.4, -0.2) is 26.0 Å². The molecule has 2 atom stereocenters. The van der Waals surface area contributed by atoms with Gasteiger partial charge in [0, 0.05) is 6.04 Å². The van der Waals surface area contributed by atoms with Crippen LogP contribution >= 0.6 is 0 Å². The summed E-state index contributed by atoms with van der Waals surface area (Å²) in [5, 5.41) is 2.93. The van der Waals surface area contributed by atoms with Crippen molar-refractivity contribution < 1.29 is 12.8 Å². The minimum absolute atomic E-state index is 0.235. The number of sulfone groups is 1. The number of nitrogens with one attached hydrogen (secondary N) is 1. The van der Waals surface area contributed by atoms with Gasteiger partial charge in [0.15, 0.2) is 9.84 Å². The minimum atomic E-state index is -3.07. The molecule has 2 unspecified atom stereocenters. The van der Waals surface area contributed by atoms with E-state index in [0.717, 1.165) is 31.4 Å². The van der Waals surface area contributed by atoms with Crippen LogP contribution in [0.25, 0.3) is 0 Å². The molecule has 1 aromatic carbocycles. The number of hydrogen-bond donors (Lipinski definition) is 1. The van der Waals surface area contributed by atoms with E-state index in [1.807, 2.05) is 6.92 Å². The fourth-order valence-corrected chi connectivity index (χ4v) is 4.89. The Bertz CT molecular complexity index is 527. The number of rotatable bonds is 5. The molecule has 1 aromatic rings. The van der Waals surface area contributed by atoms with Gasteiger partial charge in [0.2, 0.25) is 0 Å². The monoisotopic (exact) mass is 299 g/mol. The molecule has 0 saturated carbocycles. The molecule has 112 valence electrons.